The van der Waals surface area contributed by atoms with Gasteiger partial charge in [0.1, 0.15) is 15.6 Å². The molecule has 94 valence electrons. The molecule has 1 aliphatic rings. The highest BCUT2D eigenvalue weighted by Crippen LogP contribution is 2.45. The van der Waals surface area contributed by atoms with E-state index in [0.29, 0.717) is 16.3 Å². The quantitative estimate of drug-likeness (QED) is 0.854. The Morgan fingerprint density at radius 3 is 2.65 bits per heavy atom. The van der Waals surface area contributed by atoms with Gasteiger partial charge in [-0.1, -0.05) is 0 Å². The zero-order valence-corrected chi connectivity index (χ0v) is 10.9. The number of rotatable bonds is 3. The van der Waals surface area contributed by atoms with Gasteiger partial charge in [0.25, 0.3) is 5.91 Å². The SMILES string of the molecule is CNC(=O)c1sc(N2CCCC2)c(OC)c1N. The van der Waals surface area contributed by atoms with Crippen LogP contribution in [0.3, 0.4) is 0 Å². The van der Waals surface area contributed by atoms with Crippen molar-refractivity contribution in [2.75, 3.05) is 37.9 Å². The van der Waals surface area contributed by atoms with Gasteiger partial charge < -0.3 is 20.7 Å². The number of hydrogen-bond acceptors (Lipinski definition) is 5. The minimum atomic E-state index is -0.156. The van der Waals surface area contributed by atoms with Gasteiger partial charge in [0, 0.05) is 20.1 Å². The number of nitrogen functional groups attached to an aromatic ring is 1. The molecule has 5 nitrogen and oxygen atoms in total. The number of carbonyl (C=O) groups excluding carboxylic acids is 1. The standard InChI is InChI=1S/C11H17N3O2S/c1-13-10(15)9-7(12)8(16-2)11(17-9)14-5-3-4-6-14/h3-6,12H2,1-2H3,(H,13,15). The van der Waals surface area contributed by atoms with Gasteiger partial charge in [-0.2, -0.15) is 0 Å². The number of carbonyl (C=O) groups is 1. The molecule has 17 heavy (non-hydrogen) atoms. The van der Waals surface area contributed by atoms with E-state index in [1.165, 1.54) is 24.2 Å². The van der Waals surface area contributed by atoms with Crippen molar-refractivity contribution in [3.05, 3.63) is 4.88 Å². The Morgan fingerprint density at radius 2 is 2.12 bits per heavy atom. The second-order valence-electron chi connectivity index (χ2n) is 3.96. The molecular formula is C11H17N3O2S. The number of nitrogens with zero attached hydrogens (tertiary/aromatic N) is 1. The molecule has 1 aliphatic heterocycles. The van der Waals surface area contributed by atoms with Crippen LogP contribution in [0.4, 0.5) is 10.7 Å². The van der Waals surface area contributed by atoms with E-state index in [-0.39, 0.29) is 5.91 Å². The van der Waals surface area contributed by atoms with E-state index < -0.39 is 0 Å². The van der Waals surface area contributed by atoms with E-state index in [9.17, 15) is 4.79 Å². The van der Waals surface area contributed by atoms with Gasteiger partial charge in [0.15, 0.2) is 5.75 Å². The van der Waals surface area contributed by atoms with E-state index in [1.54, 1.807) is 14.2 Å². The molecule has 1 fully saturated rings. The number of nitrogens with two attached hydrogens (primary N) is 1. The maximum Gasteiger partial charge on any atom is 0.263 e. The van der Waals surface area contributed by atoms with Crippen LogP contribution in [0.1, 0.15) is 22.5 Å². The average molecular weight is 255 g/mol. The van der Waals surface area contributed by atoms with E-state index in [4.69, 9.17) is 10.5 Å². The Balaban J connectivity index is 2.40. The first-order chi connectivity index (χ1) is 8.19. The fourth-order valence-corrected chi connectivity index (χ4v) is 3.21. The number of methoxy groups -OCH3 is 1. The first-order valence-corrected chi connectivity index (χ1v) is 6.44. The lowest BCUT2D eigenvalue weighted by molar-refractivity contribution is 0.0967. The summed E-state index contributed by atoms with van der Waals surface area (Å²) < 4.78 is 5.33. The van der Waals surface area contributed by atoms with Crippen LogP contribution < -0.4 is 20.7 Å². The second-order valence-corrected chi connectivity index (χ2v) is 4.96. The first kappa shape index (κ1) is 12.0. The zero-order valence-electron chi connectivity index (χ0n) is 10.1. The summed E-state index contributed by atoms with van der Waals surface area (Å²) in [5.41, 5.74) is 6.40. The Morgan fingerprint density at radius 1 is 1.47 bits per heavy atom. The summed E-state index contributed by atoms with van der Waals surface area (Å²) in [6.07, 6.45) is 2.35. The third kappa shape index (κ3) is 2.04. The number of ether oxygens (including phenoxy) is 1. The Kier molecular flexibility index (Phi) is 3.42. The van der Waals surface area contributed by atoms with Crippen LogP contribution in [0.5, 0.6) is 5.75 Å². The molecule has 0 aromatic carbocycles. The van der Waals surface area contributed by atoms with Crippen molar-refractivity contribution >= 4 is 27.9 Å². The molecule has 0 atom stereocenters. The van der Waals surface area contributed by atoms with Crippen molar-refractivity contribution in [1.82, 2.24) is 5.32 Å². The van der Waals surface area contributed by atoms with Crippen molar-refractivity contribution in [1.29, 1.82) is 0 Å². The zero-order chi connectivity index (χ0) is 12.4. The van der Waals surface area contributed by atoms with Crippen molar-refractivity contribution in [3.8, 4) is 5.75 Å². The molecule has 1 aromatic rings. The highest BCUT2D eigenvalue weighted by molar-refractivity contribution is 7.19. The smallest absolute Gasteiger partial charge is 0.263 e. The molecule has 6 heteroatoms. The number of nitrogens with one attached hydrogen (secondary N) is 1. The largest absolute Gasteiger partial charge is 0.492 e. The van der Waals surface area contributed by atoms with Crippen LogP contribution >= 0.6 is 11.3 Å². The lowest BCUT2D eigenvalue weighted by Gasteiger charge is -2.16. The van der Waals surface area contributed by atoms with E-state index in [2.05, 4.69) is 10.2 Å². The maximum absolute atomic E-state index is 11.7. The summed E-state index contributed by atoms with van der Waals surface area (Å²) in [6.45, 7) is 2.01. The Labute approximate surface area is 105 Å². The molecule has 1 aromatic heterocycles. The molecule has 2 heterocycles. The lowest BCUT2D eigenvalue weighted by atomic mass is 10.3. The molecule has 0 spiro atoms. The average Bonchev–Trinajstić information content (AvgIpc) is 2.95. The van der Waals surface area contributed by atoms with Crippen molar-refractivity contribution < 1.29 is 9.53 Å². The van der Waals surface area contributed by atoms with Gasteiger partial charge in [-0.05, 0) is 12.8 Å². The van der Waals surface area contributed by atoms with Gasteiger partial charge in [-0.15, -0.1) is 11.3 Å². The topological polar surface area (TPSA) is 67.6 Å². The summed E-state index contributed by atoms with van der Waals surface area (Å²) in [5, 5.41) is 3.57. The summed E-state index contributed by atoms with van der Waals surface area (Å²) >= 11 is 1.40. The monoisotopic (exact) mass is 255 g/mol. The highest BCUT2D eigenvalue weighted by atomic mass is 32.1. The molecule has 0 aliphatic carbocycles. The van der Waals surface area contributed by atoms with Gasteiger partial charge >= 0.3 is 0 Å². The Hall–Kier alpha value is -1.43. The molecule has 0 unspecified atom stereocenters. The molecule has 0 radical (unpaired) electrons. The van der Waals surface area contributed by atoms with Gasteiger partial charge in [-0.25, -0.2) is 0 Å². The summed E-state index contributed by atoms with van der Waals surface area (Å²) in [6, 6.07) is 0. The van der Waals surface area contributed by atoms with Crippen LogP contribution in [0.15, 0.2) is 0 Å². The predicted octanol–water partition coefficient (Wildman–Crippen LogP) is 1.30. The Bertz CT molecular complexity index is 425. The van der Waals surface area contributed by atoms with Crippen molar-refractivity contribution in [3.63, 3.8) is 0 Å². The van der Waals surface area contributed by atoms with Gasteiger partial charge in [0.05, 0.1) is 7.11 Å². The maximum atomic E-state index is 11.7. The highest BCUT2D eigenvalue weighted by Gasteiger charge is 2.26. The van der Waals surface area contributed by atoms with E-state index in [1.807, 2.05) is 0 Å². The predicted molar refractivity (Wildman–Crippen MR) is 70.1 cm³/mol. The van der Waals surface area contributed by atoms with Crippen LogP contribution in [-0.2, 0) is 0 Å². The third-order valence-corrected chi connectivity index (χ3v) is 4.16. The second kappa shape index (κ2) is 4.83. The lowest BCUT2D eigenvalue weighted by Crippen LogP contribution is -2.17. The molecule has 0 bridgehead atoms. The van der Waals surface area contributed by atoms with Crippen LogP contribution in [0, 0.1) is 0 Å². The van der Waals surface area contributed by atoms with Gasteiger partial charge in [-0.3, -0.25) is 4.79 Å². The fraction of sp³-hybridized carbons (Fsp3) is 0.545. The minimum Gasteiger partial charge on any atom is -0.492 e. The molecule has 1 saturated heterocycles. The number of hydrogen-bond donors (Lipinski definition) is 2. The van der Waals surface area contributed by atoms with E-state index in [0.717, 1.165) is 18.1 Å². The molecule has 3 N–H and O–H groups in total. The summed E-state index contributed by atoms with van der Waals surface area (Å²) in [5.74, 6) is 0.478. The summed E-state index contributed by atoms with van der Waals surface area (Å²) in [4.78, 5) is 14.4. The third-order valence-electron chi connectivity index (χ3n) is 2.91. The summed E-state index contributed by atoms with van der Waals surface area (Å²) in [7, 11) is 3.19. The van der Waals surface area contributed by atoms with E-state index >= 15 is 0 Å². The first-order valence-electron chi connectivity index (χ1n) is 5.62. The van der Waals surface area contributed by atoms with Crippen molar-refractivity contribution in [2.45, 2.75) is 12.8 Å². The van der Waals surface area contributed by atoms with Crippen LogP contribution in [0.2, 0.25) is 0 Å². The fourth-order valence-electron chi connectivity index (χ4n) is 2.02. The molecule has 2 rings (SSSR count). The number of amides is 1. The van der Waals surface area contributed by atoms with Crippen LogP contribution in [-0.4, -0.2) is 33.2 Å². The molecule has 1 amide bonds. The molecule has 0 saturated carbocycles. The van der Waals surface area contributed by atoms with Gasteiger partial charge in [0.2, 0.25) is 0 Å². The van der Waals surface area contributed by atoms with Crippen molar-refractivity contribution in [2.24, 2.45) is 0 Å². The van der Waals surface area contributed by atoms with Crippen LogP contribution in [0.25, 0.3) is 0 Å². The number of anilines is 2. The minimum absolute atomic E-state index is 0.156. The normalized spacial score (nSPS) is 15.1. The molecular weight excluding hydrogens is 238 g/mol. The number of thiophene rings is 1.